The molecule has 0 bridgehead atoms. The van der Waals surface area contributed by atoms with Crippen molar-refractivity contribution < 1.29 is 0 Å². The van der Waals surface area contributed by atoms with Gasteiger partial charge in [0.2, 0.25) is 0 Å². The Balaban J connectivity index is 2.42. The molecule has 1 radical (unpaired) electrons. The molecule has 0 aromatic heterocycles. The highest BCUT2D eigenvalue weighted by Crippen LogP contribution is 2.29. The van der Waals surface area contributed by atoms with Gasteiger partial charge in [-0.1, -0.05) is 18.2 Å². The fraction of sp³-hybridized carbons (Fsp3) is 0.364. The normalized spacial score (nSPS) is 22.2. The standard InChI is InChI=1S/C11H14N/c1-9-7-8-10-5-3-4-6-11(10)12(9)2/h3-6,9H,2,7-8H2,1H3. The summed E-state index contributed by atoms with van der Waals surface area (Å²) >= 11 is 0. The molecule has 1 heterocycles. The lowest BCUT2D eigenvalue weighted by Gasteiger charge is -2.33. The maximum Gasteiger partial charge on any atom is 0.0401 e. The molecule has 1 nitrogen and oxygen atoms in total. The number of aryl methyl sites for hydroxylation is 1. The van der Waals surface area contributed by atoms with E-state index in [0.717, 1.165) is 0 Å². The molecule has 0 N–H and O–H groups in total. The summed E-state index contributed by atoms with van der Waals surface area (Å²) in [5, 5.41) is 0. The Kier molecular flexibility index (Phi) is 1.80. The zero-order chi connectivity index (χ0) is 8.55. The molecule has 63 valence electrons. The second-order valence-electron chi connectivity index (χ2n) is 3.49. The molecule has 1 aromatic carbocycles. The Labute approximate surface area is 74.0 Å². The third kappa shape index (κ3) is 1.09. The van der Waals surface area contributed by atoms with Crippen LogP contribution in [0.4, 0.5) is 5.69 Å². The maximum absolute atomic E-state index is 4.05. The largest absolute Gasteiger partial charge is 0.367 e. The van der Waals surface area contributed by atoms with E-state index in [9.17, 15) is 0 Å². The van der Waals surface area contributed by atoms with Crippen LogP contribution in [0, 0.1) is 7.05 Å². The lowest BCUT2D eigenvalue weighted by Crippen LogP contribution is -2.31. The Morgan fingerprint density at radius 1 is 1.42 bits per heavy atom. The van der Waals surface area contributed by atoms with Crippen molar-refractivity contribution in [1.82, 2.24) is 0 Å². The number of rotatable bonds is 0. The highest BCUT2D eigenvalue weighted by Gasteiger charge is 2.18. The van der Waals surface area contributed by atoms with Crippen molar-refractivity contribution in [3.63, 3.8) is 0 Å². The van der Waals surface area contributed by atoms with Crippen molar-refractivity contribution in [2.75, 3.05) is 4.90 Å². The molecule has 0 saturated carbocycles. The molecule has 2 rings (SSSR count). The molecule has 0 amide bonds. The lowest BCUT2D eigenvalue weighted by molar-refractivity contribution is 0.612. The van der Waals surface area contributed by atoms with Gasteiger partial charge in [-0.05, 0) is 31.4 Å². The first-order valence-corrected chi connectivity index (χ1v) is 4.46. The molecule has 1 aliphatic heterocycles. The zero-order valence-corrected chi connectivity index (χ0v) is 7.46. The summed E-state index contributed by atoms with van der Waals surface area (Å²) < 4.78 is 0. The smallest absolute Gasteiger partial charge is 0.0401 e. The molecule has 1 unspecified atom stereocenters. The van der Waals surface area contributed by atoms with E-state index < -0.39 is 0 Å². The molecular formula is C11H14N. The molecular weight excluding hydrogens is 146 g/mol. The Morgan fingerprint density at radius 3 is 3.00 bits per heavy atom. The van der Waals surface area contributed by atoms with Gasteiger partial charge < -0.3 is 4.90 Å². The van der Waals surface area contributed by atoms with E-state index in [-0.39, 0.29) is 0 Å². The average molecular weight is 160 g/mol. The molecule has 12 heavy (non-hydrogen) atoms. The molecule has 0 spiro atoms. The number of hydrogen-bond acceptors (Lipinski definition) is 1. The van der Waals surface area contributed by atoms with Gasteiger partial charge in [-0.2, -0.15) is 0 Å². The summed E-state index contributed by atoms with van der Waals surface area (Å²) in [6.07, 6.45) is 2.42. The van der Waals surface area contributed by atoms with Crippen molar-refractivity contribution in [2.24, 2.45) is 0 Å². The van der Waals surface area contributed by atoms with Gasteiger partial charge in [-0.15, -0.1) is 0 Å². The topological polar surface area (TPSA) is 3.24 Å². The number of fused-ring (bicyclic) bond motifs is 1. The van der Waals surface area contributed by atoms with Crippen molar-refractivity contribution in [3.05, 3.63) is 36.9 Å². The number of nitrogens with zero attached hydrogens (tertiary/aromatic N) is 1. The SMILES string of the molecule is [CH2]N1c2ccccc2CCC1C. The second kappa shape index (κ2) is 2.81. The summed E-state index contributed by atoms with van der Waals surface area (Å²) in [5.41, 5.74) is 2.74. The van der Waals surface area contributed by atoms with Gasteiger partial charge in [0.15, 0.2) is 0 Å². The predicted octanol–water partition coefficient (Wildman–Crippen LogP) is 2.62. The van der Waals surface area contributed by atoms with E-state index in [1.54, 1.807) is 0 Å². The Morgan fingerprint density at radius 2 is 2.17 bits per heavy atom. The van der Waals surface area contributed by atoms with E-state index >= 15 is 0 Å². The van der Waals surface area contributed by atoms with Gasteiger partial charge in [0.25, 0.3) is 0 Å². The van der Waals surface area contributed by atoms with Crippen LogP contribution in [-0.4, -0.2) is 6.04 Å². The lowest BCUT2D eigenvalue weighted by atomic mass is 9.97. The van der Waals surface area contributed by atoms with Gasteiger partial charge in [-0.25, -0.2) is 0 Å². The van der Waals surface area contributed by atoms with Crippen LogP contribution in [-0.2, 0) is 6.42 Å². The van der Waals surface area contributed by atoms with Crippen LogP contribution in [0.15, 0.2) is 24.3 Å². The fourth-order valence-corrected chi connectivity index (χ4v) is 1.76. The van der Waals surface area contributed by atoms with Crippen LogP contribution < -0.4 is 4.90 Å². The fourth-order valence-electron chi connectivity index (χ4n) is 1.76. The van der Waals surface area contributed by atoms with E-state index in [1.165, 1.54) is 24.1 Å². The van der Waals surface area contributed by atoms with Gasteiger partial charge in [0.1, 0.15) is 0 Å². The minimum absolute atomic E-state index is 0.583. The summed E-state index contributed by atoms with van der Waals surface area (Å²) in [6.45, 7) is 2.23. The first kappa shape index (κ1) is 7.66. The number of benzene rings is 1. The minimum Gasteiger partial charge on any atom is -0.367 e. The highest BCUT2D eigenvalue weighted by atomic mass is 15.1. The van der Waals surface area contributed by atoms with E-state index in [2.05, 4.69) is 43.1 Å². The van der Waals surface area contributed by atoms with Gasteiger partial charge >= 0.3 is 0 Å². The van der Waals surface area contributed by atoms with Gasteiger partial charge in [-0.3, -0.25) is 0 Å². The van der Waals surface area contributed by atoms with E-state index in [0.29, 0.717) is 6.04 Å². The van der Waals surface area contributed by atoms with E-state index in [1.807, 2.05) is 0 Å². The summed E-state index contributed by atoms with van der Waals surface area (Å²) in [4.78, 5) is 2.12. The van der Waals surface area contributed by atoms with E-state index in [4.69, 9.17) is 0 Å². The van der Waals surface area contributed by atoms with Crippen LogP contribution in [0.3, 0.4) is 0 Å². The third-order valence-corrected chi connectivity index (χ3v) is 2.66. The molecule has 1 aliphatic rings. The molecule has 1 atom stereocenters. The van der Waals surface area contributed by atoms with Crippen molar-refractivity contribution >= 4 is 5.69 Å². The zero-order valence-electron chi connectivity index (χ0n) is 7.46. The number of para-hydroxylation sites is 1. The number of anilines is 1. The maximum atomic E-state index is 4.05. The van der Waals surface area contributed by atoms with Crippen molar-refractivity contribution in [3.8, 4) is 0 Å². The van der Waals surface area contributed by atoms with Crippen LogP contribution in [0.1, 0.15) is 18.9 Å². The predicted molar refractivity (Wildman–Crippen MR) is 52.1 cm³/mol. The second-order valence-corrected chi connectivity index (χ2v) is 3.49. The molecule has 0 aliphatic carbocycles. The average Bonchev–Trinajstić information content (AvgIpc) is 2.12. The molecule has 0 saturated heterocycles. The molecule has 1 heteroatoms. The van der Waals surface area contributed by atoms with Gasteiger partial charge in [0, 0.05) is 18.8 Å². The van der Waals surface area contributed by atoms with Crippen LogP contribution >= 0.6 is 0 Å². The monoisotopic (exact) mass is 160 g/mol. The summed E-state index contributed by atoms with van der Waals surface area (Å²) in [7, 11) is 4.05. The molecule has 0 fully saturated rings. The first-order chi connectivity index (χ1) is 5.79. The Hall–Kier alpha value is -0.980. The van der Waals surface area contributed by atoms with Crippen molar-refractivity contribution in [2.45, 2.75) is 25.8 Å². The quantitative estimate of drug-likeness (QED) is 0.564. The summed E-state index contributed by atoms with van der Waals surface area (Å²) in [6, 6.07) is 9.11. The third-order valence-electron chi connectivity index (χ3n) is 2.66. The first-order valence-electron chi connectivity index (χ1n) is 4.46. The van der Waals surface area contributed by atoms with Crippen molar-refractivity contribution in [1.29, 1.82) is 0 Å². The minimum atomic E-state index is 0.583. The Bertz CT molecular complexity index is 280. The number of hydrogen-bond donors (Lipinski definition) is 0. The van der Waals surface area contributed by atoms with Crippen LogP contribution in [0.25, 0.3) is 0 Å². The van der Waals surface area contributed by atoms with Gasteiger partial charge in [0.05, 0.1) is 0 Å². The highest BCUT2D eigenvalue weighted by molar-refractivity contribution is 5.56. The van der Waals surface area contributed by atoms with Crippen LogP contribution in [0.5, 0.6) is 0 Å². The summed E-state index contributed by atoms with van der Waals surface area (Å²) in [5.74, 6) is 0. The van der Waals surface area contributed by atoms with Crippen LogP contribution in [0.2, 0.25) is 0 Å². The molecule has 1 aromatic rings.